The molecule has 0 saturated carbocycles. The number of halogens is 2. The maximum Gasteiger partial charge on any atom is 0.196 e. The highest BCUT2D eigenvalue weighted by Crippen LogP contribution is 2.48. The minimum absolute atomic E-state index is 0.101. The minimum Gasteiger partial charge on any atom is -0.496 e. The first-order chi connectivity index (χ1) is 16.4. The van der Waals surface area contributed by atoms with Gasteiger partial charge in [-0.3, -0.25) is 4.79 Å². The molecule has 0 saturated heterocycles. The average Bonchev–Trinajstić information content (AvgIpc) is 3.21. The molecule has 0 aliphatic carbocycles. The van der Waals surface area contributed by atoms with E-state index >= 15 is 0 Å². The Bertz CT molecular complexity index is 1370. The van der Waals surface area contributed by atoms with Crippen molar-refractivity contribution in [1.82, 2.24) is 0 Å². The molecular formula is C29H22Cl2O3. The fraction of sp³-hybridized carbons (Fsp3) is 0.138. The van der Waals surface area contributed by atoms with E-state index in [1.807, 2.05) is 91.9 Å². The van der Waals surface area contributed by atoms with Crippen molar-refractivity contribution < 1.29 is 14.3 Å². The monoisotopic (exact) mass is 488 g/mol. The number of rotatable bonds is 5. The van der Waals surface area contributed by atoms with Gasteiger partial charge in [0.15, 0.2) is 11.4 Å². The average molecular weight is 489 g/mol. The molecular weight excluding hydrogens is 467 g/mol. The number of ether oxygens (including phenoxy) is 2. The van der Waals surface area contributed by atoms with E-state index in [1.54, 1.807) is 7.11 Å². The van der Waals surface area contributed by atoms with E-state index in [-0.39, 0.29) is 5.78 Å². The highest BCUT2D eigenvalue weighted by atomic mass is 35.5. The van der Waals surface area contributed by atoms with Crippen LogP contribution in [-0.2, 0) is 10.3 Å². The summed E-state index contributed by atoms with van der Waals surface area (Å²) in [5, 5.41) is 3.09. The fourth-order valence-electron chi connectivity index (χ4n) is 4.71. The number of hydrogen-bond acceptors (Lipinski definition) is 3. The number of allylic oxidation sites excluding steroid dienone is 1. The lowest BCUT2D eigenvalue weighted by Gasteiger charge is -2.31. The van der Waals surface area contributed by atoms with Crippen LogP contribution in [0.3, 0.4) is 0 Å². The summed E-state index contributed by atoms with van der Waals surface area (Å²) in [5.41, 5.74) is 2.10. The Morgan fingerprint density at radius 3 is 2.03 bits per heavy atom. The molecule has 1 heterocycles. The van der Waals surface area contributed by atoms with E-state index in [0.29, 0.717) is 39.1 Å². The topological polar surface area (TPSA) is 35.5 Å². The van der Waals surface area contributed by atoms with Crippen molar-refractivity contribution >= 4 is 39.8 Å². The highest BCUT2D eigenvalue weighted by molar-refractivity contribution is 6.30. The molecule has 5 rings (SSSR count). The summed E-state index contributed by atoms with van der Waals surface area (Å²) in [7, 11) is 1.58. The van der Waals surface area contributed by atoms with Gasteiger partial charge in [-0.25, -0.2) is 0 Å². The molecule has 0 radical (unpaired) electrons. The van der Waals surface area contributed by atoms with Gasteiger partial charge in [0.1, 0.15) is 11.5 Å². The number of hydrogen-bond donors (Lipinski definition) is 0. The summed E-state index contributed by atoms with van der Waals surface area (Å²) in [4.78, 5) is 14.0. The van der Waals surface area contributed by atoms with Gasteiger partial charge in [-0.2, -0.15) is 0 Å². The standard InChI is InChI=1S/C29H22Cl2O3/c1-18-25(28(32)27-24-6-4-3-5-19(24)7-16-26(27)33-2)17-29(34-18,20-8-12-22(30)13-9-20)21-10-14-23(31)15-11-21/h3-16H,17H2,1-2H3. The van der Waals surface area contributed by atoms with Crippen LogP contribution in [0, 0.1) is 0 Å². The summed E-state index contributed by atoms with van der Waals surface area (Å²) in [5.74, 6) is 1.03. The fourth-order valence-corrected chi connectivity index (χ4v) is 4.96. The predicted molar refractivity (Wildman–Crippen MR) is 137 cm³/mol. The molecule has 0 fully saturated rings. The first-order valence-electron chi connectivity index (χ1n) is 10.9. The second kappa shape index (κ2) is 8.83. The van der Waals surface area contributed by atoms with Crippen LogP contribution in [0.25, 0.3) is 10.8 Å². The third-order valence-electron chi connectivity index (χ3n) is 6.41. The van der Waals surface area contributed by atoms with Crippen LogP contribution in [0.2, 0.25) is 10.0 Å². The molecule has 0 amide bonds. The Labute approximate surface area is 208 Å². The van der Waals surface area contributed by atoms with Gasteiger partial charge in [0.25, 0.3) is 0 Å². The number of Topliss-reactive ketones (excluding diaryl/α,β-unsaturated/α-hetero) is 1. The smallest absolute Gasteiger partial charge is 0.196 e. The Hall–Kier alpha value is -3.27. The molecule has 0 aromatic heterocycles. The number of methoxy groups -OCH3 is 1. The Morgan fingerprint density at radius 1 is 0.853 bits per heavy atom. The molecule has 0 N–H and O–H groups in total. The Kier molecular flexibility index (Phi) is 5.85. The van der Waals surface area contributed by atoms with E-state index in [2.05, 4.69) is 0 Å². The van der Waals surface area contributed by atoms with Crippen molar-refractivity contribution in [3.63, 3.8) is 0 Å². The van der Waals surface area contributed by atoms with Crippen LogP contribution in [0.1, 0.15) is 34.8 Å². The van der Waals surface area contributed by atoms with Crippen LogP contribution in [0.15, 0.2) is 96.3 Å². The molecule has 0 bridgehead atoms. The number of carbonyl (C=O) groups excluding carboxylic acids is 1. The van der Waals surface area contributed by atoms with Crippen molar-refractivity contribution in [2.24, 2.45) is 0 Å². The zero-order valence-electron chi connectivity index (χ0n) is 18.8. The van der Waals surface area contributed by atoms with E-state index in [9.17, 15) is 4.79 Å². The Morgan fingerprint density at radius 2 is 1.44 bits per heavy atom. The molecule has 170 valence electrons. The van der Waals surface area contributed by atoms with Crippen molar-refractivity contribution in [2.45, 2.75) is 18.9 Å². The van der Waals surface area contributed by atoms with Gasteiger partial charge in [0.05, 0.1) is 12.7 Å². The maximum atomic E-state index is 14.0. The van der Waals surface area contributed by atoms with Crippen LogP contribution in [-0.4, -0.2) is 12.9 Å². The van der Waals surface area contributed by atoms with Crippen LogP contribution in [0.5, 0.6) is 5.75 Å². The summed E-state index contributed by atoms with van der Waals surface area (Å²) in [6.07, 6.45) is 0.368. The van der Waals surface area contributed by atoms with Gasteiger partial charge in [-0.05, 0) is 48.0 Å². The van der Waals surface area contributed by atoms with Gasteiger partial charge in [0, 0.05) is 33.2 Å². The van der Waals surface area contributed by atoms with E-state index in [4.69, 9.17) is 32.7 Å². The first kappa shape index (κ1) is 22.5. The number of carbonyl (C=O) groups is 1. The molecule has 1 aliphatic rings. The van der Waals surface area contributed by atoms with Gasteiger partial charge in [-0.15, -0.1) is 0 Å². The number of fused-ring (bicyclic) bond motifs is 1. The van der Waals surface area contributed by atoms with Crippen molar-refractivity contribution in [1.29, 1.82) is 0 Å². The maximum absolute atomic E-state index is 14.0. The molecule has 5 heteroatoms. The molecule has 34 heavy (non-hydrogen) atoms. The van der Waals surface area contributed by atoms with Gasteiger partial charge in [-0.1, -0.05) is 77.8 Å². The highest BCUT2D eigenvalue weighted by Gasteiger charge is 2.45. The van der Waals surface area contributed by atoms with E-state index in [0.717, 1.165) is 21.9 Å². The zero-order chi connectivity index (χ0) is 23.9. The second-order valence-electron chi connectivity index (χ2n) is 8.35. The summed E-state index contributed by atoms with van der Waals surface area (Å²) in [6.45, 7) is 1.85. The zero-order valence-corrected chi connectivity index (χ0v) is 20.3. The Balaban J connectivity index is 1.64. The molecule has 0 unspecified atom stereocenters. The lowest BCUT2D eigenvalue weighted by atomic mass is 9.80. The van der Waals surface area contributed by atoms with Crippen molar-refractivity contribution in [3.8, 4) is 5.75 Å². The third-order valence-corrected chi connectivity index (χ3v) is 6.91. The van der Waals surface area contributed by atoms with Crippen LogP contribution in [0.4, 0.5) is 0 Å². The SMILES string of the molecule is COc1ccc2ccccc2c1C(=O)C1=C(C)OC(c2ccc(Cl)cc2)(c2ccc(Cl)cc2)C1. The normalized spacial score (nSPS) is 14.8. The molecule has 3 nitrogen and oxygen atoms in total. The van der Waals surface area contributed by atoms with Crippen molar-refractivity contribution in [2.75, 3.05) is 7.11 Å². The molecule has 4 aromatic carbocycles. The second-order valence-corrected chi connectivity index (χ2v) is 9.22. The summed E-state index contributed by atoms with van der Waals surface area (Å²) in [6, 6.07) is 26.7. The lowest BCUT2D eigenvalue weighted by Crippen LogP contribution is -2.27. The summed E-state index contributed by atoms with van der Waals surface area (Å²) >= 11 is 12.3. The van der Waals surface area contributed by atoms with Gasteiger partial charge < -0.3 is 9.47 Å². The van der Waals surface area contributed by atoms with Crippen LogP contribution < -0.4 is 4.74 Å². The van der Waals surface area contributed by atoms with Crippen LogP contribution >= 0.6 is 23.2 Å². The third kappa shape index (κ3) is 3.75. The minimum atomic E-state index is -0.873. The quantitative estimate of drug-likeness (QED) is 0.267. The molecule has 0 atom stereocenters. The number of benzene rings is 4. The molecule has 4 aromatic rings. The largest absolute Gasteiger partial charge is 0.496 e. The van der Waals surface area contributed by atoms with Gasteiger partial charge >= 0.3 is 0 Å². The van der Waals surface area contributed by atoms with Crippen molar-refractivity contribution in [3.05, 3.63) is 123 Å². The first-order valence-corrected chi connectivity index (χ1v) is 11.7. The van der Waals surface area contributed by atoms with E-state index in [1.165, 1.54) is 0 Å². The van der Waals surface area contributed by atoms with Gasteiger partial charge in [0.2, 0.25) is 0 Å². The van der Waals surface area contributed by atoms with E-state index < -0.39 is 5.60 Å². The predicted octanol–water partition coefficient (Wildman–Crippen LogP) is 7.98. The molecule has 1 aliphatic heterocycles. The lowest BCUT2D eigenvalue weighted by molar-refractivity contribution is 0.0622. The summed E-state index contributed by atoms with van der Waals surface area (Å²) < 4.78 is 12.2. The molecule has 0 spiro atoms. The number of ketones is 1.